The summed E-state index contributed by atoms with van der Waals surface area (Å²) in [7, 11) is 1.58. The zero-order valence-corrected chi connectivity index (χ0v) is 48.4. The SMILES string of the molecule is CCCCCCCCCCCCCC/C=C\CCCCCCCCCCC(=O)NC(COP(=O)(O)OCC[N+](C)(C)C)C(O)/C=C/CCCCCCCCCCCCCCCCCCCCCCCC. The number of aliphatic hydroxyl groups excluding tert-OH is 1. The summed E-state index contributed by atoms with van der Waals surface area (Å²) < 4.78 is 23.8. The van der Waals surface area contributed by atoms with Gasteiger partial charge in [-0.15, -0.1) is 0 Å². The Hall–Kier alpha value is -1.02. The van der Waals surface area contributed by atoms with Gasteiger partial charge >= 0.3 is 7.82 Å². The molecule has 9 heteroatoms. The summed E-state index contributed by atoms with van der Waals surface area (Å²) in [5.41, 5.74) is 0. The zero-order valence-electron chi connectivity index (χ0n) is 47.5. The number of phosphoric ester groups is 1. The van der Waals surface area contributed by atoms with Gasteiger partial charge in [0, 0.05) is 6.42 Å². The van der Waals surface area contributed by atoms with Gasteiger partial charge in [-0.05, 0) is 44.9 Å². The molecule has 0 aliphatic rings. The number of aliphatic hydroxyl groups is 1. The Labute approximate surface area is 436 Å². The molecular formula is C61H122N2O6P+. The van der Waals surface area contributed by atoms with Gasteiger partial charge in [0.25, 0.3) is 0 Å². The molecule has 3 atom stereocenters. The summed E-state index contributed by atoms with van der Waals surface area (Å²) in [6.07, 6.45) is 67.2. The predicted molar refractivity (Wildman–Crippen MR) is 305 cm³/mol. The molecule has 0 bridgehead atoms. The molecule has 0 saturated heterocycles. The van der Waals surface area contributed by atoms with Crippen molar-refractivity contribution in [1.82, 2.24) is 5.32 Å². The van der Waals surface area contributed by atoms with Crippen LogP contribution in [0.25, 0.3) is 0 Å². The highest BCUT2D eigenvalue weighted by atomic mass is 31.2. The van der Waals surface area contributed by atoms with Gasteiger partial charge in [0.15, 0.2) is 0 Å². The third-order valence-corrected chi connectivity index (χ3v) is 15.1. The number of hydrogen-bond donors (Lipinski definition) is 3. The Morgan fingerprint density at radius 2 is 0.771 bits per heavy atom. The molecule has 0 aliphatic heterocycles. The first-order valence-electron chi connectivity index (χ1n) is 30.7. The number of phosphoric acid groups is 1. The first-order valence-corrected chi connectivity index (χ1v) is 32.2. The Morgan fingerprint density at radius 3 is 1.10 bits per heavy atom. The van der Waals surface area contributed by atoms with Crippen LogP contribution in [0.2, 0.25) is 0 Å². The number of unbranched alkanes of at least 4 members (excludes halogenated alkanes) is 42. The van der Waals surface area contributed by atoms with Crippen LogP contribution in [0.1, 0.15) is 309 Å². The predicted octanol–water partition coefficient (Wildman–Crippen LogP) is 18.8. The average Bonchev–Trinajstić information content (AvgIpc) is 3.32. The van der Waals surface area contributed by atoms with E-state index >= 15 is 0 Å². The summed E-state index contributed by atoms with van der Waals surface area (Å²) in [5, 5.41) is 14.0. The minimum atomic E-state index is -4.35. The van der Waals surface area contributed by atoms with E-state index in [2.05, 4.69) is 31.3 Å². The van der Waals surface area contributed by atoms with Crippen LogP contribution in [0, 0.1) is 0 Å². The lowest BCUT2D eigenvalue weighted by atomic mass is 10.0. The second-order valence-electron chi connectivity index (χ2n) is 22.4. The Bertz CT molecular complexity index is 1190. The average molecular weight is 1010 g/mol. The van der Waals surface area contributed by atoms with Crippen molar-refractivity contribution < 1.29 is 32.9 Å². The maximum absolute atomic E-state index is 13.0. The van der Waals surface area contributed by atoms with Gasteiger partial charge < -0.3 is 19.8 Å². The third kappa shape index (κ3) is 54.7. The standard InChI is InChI=1S/C61H121N2O6P/c1-6-8-10-12-14-16-18-20-22-24-26-28-30-32-34-36-38-40-42-44-46-48-50-52-54-60(64)59(58-69-70(66,67)68-57-56-63(3,4)5)62-61(65)55-53-51-49-47-45-43-41-39-37-35-33-31-29-27-25-23-21-19-17-15-13-11-9-7-2/h33,35,52,54,59-60,64H,6-32,34,36-51,53,55-58H2,1-5H3,(H-,62,65,66,67)/p+1/b35-33-,54-52+. The van der Waals surface area contributed by atoms with Gasteiger partial charge in [0.1, 0.15) is 13.2 Å². The fourth-order valence-corrected chi connectivity index (χ4v) is 10.1. The monoisotopic (exact) mass is 1010 g/mol. The van der Waals surface area contributed by atoms with Crippen LogP contribution in [0.3, 0.4) is 0 Å². The molecule has 0 fully saturated rings. The van der Waals surface area contributed by atoms with Crippen molar-refractivity contribution in [3.05, 3.63) is 24.3 Å². The number of likely N-dealkylation sites (N-methyl/N-ethyl adjacent to an activating group) is 1. The molecule has 416 valence electrons. The number of nitrogens with zero attached hydrogens (tertiary/aromatic N) is 1. The number of amides is 1. The van der Waals surface area contributed by atoms with Gasteiger partial charge in [0.2, 0.25) is 5.91 Å². The van der Waals surface area contributed by atoms with Crippen LogP contribution in [-0.4, -0.2) is 73.4 Å². The number of nitrogens with one attached hydrogen (secondary N) is 1. The molecule has 0 heterocycles. The van der Waals surface area contributed by atoms with Crippen molar-refractivity contribution in [2.24, 2.45) is 0 Å². The van der Waals surface area contributed by atoms with Crippen molar-refractivity contribution in [3.63, 3.8) is 0 Å². The quantitative estimate of drug-likeness (QED) is 0.0243. The first kappa shape index (κ1) is 69.0. The number of allylic oxidation sites excluding steroid dienone is 3. The van der Waals surface area contributed by atoms with Crippen LogP contribution in [0.4, 0.5) is 0 Å². The normalized spacial score (nSPS) is 14.0. The van der Waals surface area contributed by atoms with E-state index in [9.17, 15) is 19.4 Å². The van der Waals surface area contributed by atoms with E-state index in [1.807, 2.05) is 27.2 Å². The number of quaternary nitrogens is 1. The summed E-state index contributed by atoms with van der Waals surface area (Å²) in [5.74, 6) is -0.175. The molecule has 0 rings (SSSR count). The van der Waals surface area contributed by atoms with Gasteiger partial charge in [0.05, 0.1) is 39.9 Å². The molecule has 0 aromatic rings. The molecule has 3 unspecified atom stereocenters. The van der Waals surface area contributed by atoms with Crippen LogP contribution in [-0.2, 0) is 18.4 Å². The lowest BCUT2D eigenvalue weighted by Gasteiger charge is -2.25. The Morgan fingerprint density at radius 1 is 0.471 bits per heavy atom. The van der Waals surface area contributed by atoms with Gasteiger partial charge in [-0.2, -0.15) is 0 Å². The number of rotatable bonds is 57. The van der Waals surface area contributed by atoms with Crippen molar-refractivity contribution in [2.75, 3.05) is 40.9 Å². The molecule has 0 spiro atoms. The molecular weight excluding hydrogens is 888 g/mol. The van der Waals surface area contributed by atoms with Crippen LogP contribution >= 0.6 is 7.82 Å². The van der Waals surface area contributed by atoms with Crippen LogP contribution < -0.4 is 5.32 Å². The molecule has 0 radical (unpaired) electrons. The molecule has 70 heavy (non-hydrogen) atoms. The summed E-state index contributed by atoms with van der Waals surface area (Å²) in [6.45, 7) is 4.86. The molecule has 0 saturated carbocycles. The van der Waals surface area contributed by atoms with Gasteiger partial charge in [-0.3, -0.25) is 13.8 Å². The minimum absolute atomic E-state index is 0.0627. The largest absolute Gasteiger partial charge is 0.472 e. The number of hydrogen-bond acceptors (Lipinski definition) is 5. The van der Waals surface area contributed by atoms with Crippen LogP contribution in [0.15, 0.2) is 24.3 Å². The van der Waals surface area contributed by atoms with E-state index in [-0.39, 0.29) is 19.1 Å². The highest BCUT2D eigenvalue weighted by Crippen LogP contribution is 2.43. The molecule has 3 N–H and O–H groups in total. The molecule has 8 nitrogen and oxygen atoms in total. The van der Waals surface area contributed by atoms with E-state index in [0.29, 0.717) is 17.4 Å². The van der Waals surface area contributed by atoms with E-state index in [4.69, 9.17) is 9.05 Å². The lowest BCUT2D eigenvalue weighted by molar-refractivity contribution is -0.870. The molecule has 0 aromatic heterocycles. The molecule has 1 amide bonds. The van der Waals surface area contributed by atoms with Gasteiger partial charge in [-0.25, -0.2) is 4.57 Å². The van der Waals surface area contributed by atoms with Crippen molar-refractivity contribution >= 4 is 13.7 Å². The van der Waals surface area contributed by atoms with Gasteiger partial charge in [-0.1, -0.05) is 282 Å². The minimum Gasteiger partial charge on any atom is -0.387 e. The maximum Gasteiger partial charge on any atom is 0.472 e. The lowest BCUT2D eigenvalue weighted by Crippen LogP contribution is -2.45. The topological polar surface area (TPSA) is 105 Å². The summed E-state index contributed by atoms with van der Waals surface area (Å²) in [6, 6.07) is -0.847. The number of carbonyl (C=O) groups is 1. The smallest absolute Gasteiger partial charge is 0.387 e. The fourth-order valence-electron chi connectivity index (χ4n) is 9.33. The number of carbonyl (C=O) groups excluding carboxylic acids is 1. The summed E-state index contributed by atoms with van der Waals surface area (Å²) >= 11 is 0. The van der Waals surface area contributed by atoms with E-state index in [0.717, 1.165) is 38.5 Å². The summed E-state index contributed by atoms with van der Waals surface area (Å²) in [4.78, 5) is 23.3. The Balaban J connectivity index is 4.17. The van der Waals surface area contributed by atoms with E-state index in [1.165, 1.54) is 250 Å². The van der Waals surface area contributed by atoms with E-state index in [1.54, 1.807) is 6.08 Å². The van der Waals surface area contributed by atoms with E-state index < -0.39 is 20.0 Å². The third-order valence-electron chi connectivity index (χ3n) is 14.2. The Kier molecular flexibility index (Phi) is 52.1. The highest BCUT2D eigenvalue weighted by molar-refractivity contribution is 7.47. The second-order valence-corrected chi connectivity index (χ2v) is 23.9. The fraction of sp³-hybridized carbons (Fsp3) is 0.918. The molecule has 0 aliphatic carbocycles. The zero-order chi connectivity index (χ0) is 51.3. The van der Waals surface area contributed by atoms with Crippen molar-refractivity contribution in [3.8, 4) is 0 Å². The highest BCUT2D eigenvalue weighted by Gasteiger charge is 2.27. The van der Waals surface area contributed by atoms with Crippen LogP contribution in [0.5, 0.6) is 0 Å². The van der Waals surface area contributed by atoms with Crippen molar-refractivity contribution in [1.29, 1.82) is 0 Å². The maximum atomic E-state index is 13.0. The second kappa shape index (κ2) is 52.8. The molecule has 0 aromatic carbocycles. The first-order chi connectivity index (χ1) is 34.0. The van der Waals surface area contributed by atoms with Crippen molar-refractivity contribution in [2.45, 2.75) is 321 Å².